The highest BCUT2D eigenvalue weighted by Crippen LogP contribution is 2.30. The van der Waals surface area contributed by atoms with Gasteiger partial charge in [0.2, 0.25) is 0 Å². The molecule has 0 bridgehead atoms. The number of hydrogen-bond donors (Lipinski definition) is 0. The molecule has 1 saturated heterocycles. The van der Waals surface area contributed by atoms with Crippen molar-refractivity contribution in [3.8, 4) is 0 Å². The number of nitrogens with zero attached hydrogens (tertiary/aromatic N) is 1. The summed E-state index contributed by atoms with van der Waals surface area (Å²) < 4.78 is 53.0. The van der Waals surface area contributed by atoms with Gasteiger partial charge in [-0.3, -0.25) is 4.90 Å². The van der Waals surface area contributed by atoms with E-state index in [1.54, 1.807) is 6.92 Å². The van der Waals surface area contributed by atoms with Crippen molar-refractivity contribution in [3.05, 3.63) is 0 Å². The molecule has 0 saturated carbocycles. The van der Waals surface area contributed by atoms with Crippen LogP contribution in [-0.4, -0.2) is 43.2 Å². The molecule has 1 rings (SSSR count). The van der Waals surface area contributed by atoms with Gasteiger partial charge in [0.1, 0.15) is 6.10 Å². The van der Waals surface area contributed by atoms with Crippen LogP contribution in [0.1, 0.15) is 6.92 Å². The molecule has 0 aromatic heterocycles. The average molecular weight is 201 g/mol. The minimum atomic E-state index is -3.16. The Kier molecular flexibility index (Phi) is 3.13. The lowest BCUT2D eigenvalue weighted by Crippen LogP contribution is -2.35. The fourth-order valence-corrected chi connectivity index (χ4v) is 1.34. The highest BCUT2D eigenvalue weighted by atomic mass is 19.3. The van der Waals surface area contributed by atoms with E-state index >= 15 is 0 Å². The van der Waals surface area contributed by atoms with Crippen molar-refractivity contribution in [3.63, 3.8) is 0 Å². The summed E-state index contributed by atoms with van der Waals surface area (Å²) in [6.45, 7) is -1.65. The van der Waals surface area contributed by atoms with Crippen molar-refractivity contribution in [2.45, 2.75) is 25.6 Å². The molecule has 0 amide bonds. The summed E-state index contributed by atoms with van der Waals surface area (Å²) in [5.74, 6) is -3.16. The van der Waals surface area contributed by atoms with Crippen molar-refractivity contribution in [1.82, 2.24) is 4.90 Å². The molecule has 1 aliphatic heterocycles. The van der Waals surface area contributed by atoms with Crippen LogP contribution in [0.5, 0.6) is 0 Å². The number of alkyl halides is 4. The number of hydrogen-bond acceptors (Lipinski definition) is 2. The van der Waals surface area contributed by atoms with E-state index in [1.807, 2.05) is 0 Å². The fraction of sp³-hybridized carbons (Fsp3) is 1.00. The van der Waals surface area contributed by atoms with E-state index in [0.29, 0.717) is 6.54 Å². The molecule has 2 nitrogen and oxygen atoms in total. The molecular weight excluding hydrogens is 190 g/mol. The molecule has 78 valence electrons. The van der Waals surface area contributed by atoms with Crippen LogP contribution in [-0.2, 0) is 4.74 Å². The van der Waals surface area contributed by atoms with E-state index in [0.717, 1.165) is 0 Å². The predicted octanol–water partition coefficient (Wildman–Crippen LogP) is 1.56. The van der Waals surface area contributed by atoms with Crippen LogP contribution in [0.4, 0.5) is 17.6 Å². The average Bonchev–Trinajstić information content (AvgIpc) is 2.26. The van der Waals surface area contributed by atoms with Crippen molar-refractivity contribution >= 4 is 0 Å². The minimum absolute atomic E-state index is 0.131. The smallest absolute Gasteiger partial charge is 0.312 e. The van der Waals surface area contributed by atoms with Crippen LogP contribution in [0, 0.1) is 0 Å². The van der Waals surface area contributed by atoms with Gasteiger partial charge in [-0.2, -0.15) is 8.78 Å². The van der Waals surface area contributed by atoms with E-state index in [-0.39, 0.29) is 6.54 Å². The molecule has 1 atom stereocenters. The van der Waals surface area contributed by atoms with Gasteiger partial charge in [-0.05, 0) is 6.54 Å². The van der Waals surface area contributed by atoms with Crippen molar-refractivity contribution in [2.24, 2.45) is 0 Å². The summed E-state index contributed by atoms with van der Waals surface area (Å²) >= 11 is 0. The Morgan fingerprint density at radius 2 is 2.15 bits per heavy atom. The molecule has 1 unspecified atom stereocenters. The maximum absolute atomic E-state index is 12.9. The second kappa shape index (κ2) is 3.79. The summed E-state index contributed by atoms with van der Waals surface area (Å²) in [5.41, 5.74) is 0. The summed E-state index contributed by atoms with van der Waals surface area (Å²) in [7, 11) is 0. The first-order valence-corrected chi connectivity index (χ1v) is 3.99. The fourth-order valence-electron chi connectivity index (χ4n) is 1.34. The third-order valence-electron chi connectivity index (χ3n) is 2.04. The van der Waals surface area contributed by atoms with Gasteiger partial charge in [0, 0.05) is 6.54 Å². The first-order chi connectivity index (χ1) is 5.95. The number of likely N-dealkylation sites (tertiary alicyclic amines) is 1. The van der Waals surface area contributed by atoms with Crippen LogP contribution in [0.15, 0.2) is 0 Å². The van der Waals surface area contributed by atoms with Gasteiger partial charge in [-0.1, -0.05) is 6.92 Å². The quantitative estimate of drug-likeness (QED) is 0.642. The largest absolute Gasteiger partial charge is 0.345 e. The molecule has 1 fully saturated rings. The second-order valence-electron chi connectivity index (χ2n) is 2.97. The number of halogens is 4. The van der Waals surface area contributed by atoms with Crippen LogP contribution < -0.4 is 0 Å². The first kappa shape index (κ1) is 10.7. The zero-order valence-electron chi connectivity index (χ0n) is 7.14. The highest BCUT2D eigenvalue weighted by molar-refractivity contribution is 4.91. The lowest BCUT2D eigenvalue weighted by Gasteiger charge is -2.17. The van der Waals surface area contributed by atoms with Crippen molar-refractivity contribution in [1.29, 1.82) is 0 Å². The zero-order valence-corrected chi connectivity index (χ0v) is 7.14. The maximum atomic E-state index is 12.9. The normalized spacial score (nSPS) is 28.6. The maximum Gasteiger partial charge on any atom is 0.345 e. The molecule has 1 aliphatic rings. The molecule has 0 aliphatic carbocycles. The van der Waals surface area contributed by atoms with Gasteiger partial charge >= 0.3 is 6.61 Å². The Morgan fingerprint density at radius 3 is 2.54 bits per heavy atom. The van der Waals surface area contributed by atoms with Gasteiger partial charge in [0.05, 0.1) is 6.54 Å². The minimum Gasteiger partial charge on any atom is -0.312 e. The number of ether oxygens (including phenoxy) is 1. The third-order valence-corrected chi connectivity index (χ3v) is 2.04. The number of rotatable bonds is 3. The van der Waals surface area contributed by atoms with Gasteiger partial charge in [0.15, 0.2) is 0 Å². The standard InChI is InChI=1S/C7H11F4NO/c1-2-12-3-5(13-6(8)9)7(10,11)4-12/h5-6H,2-4H2,1H3. The Morgan fingerprint density at radius 1 is 1.54 bits per heavy atom. The summed E-state index contributed by atoms with van der Waals surface area (Å²) in [5, 5.41) is 0. The molecule has 6 heteroatoms. The Labute approximate surface area is 73.5 Å². The molecule has 0 N–H and O–H groups in total. The summed E-state index contributed by atoms with van der Waals surface area (Å²) in [6.07, 6.45) is -1.67. The Bertz CT molecular complexity index is 176. The molecule has 0 spiro atoms. The molecule has 1 heterocycles. The van der Waals surface area contributed by atoms with Crippen LogP contribution in [0.3, 0.4) is 0 Å². The lowest BCUT2D eigenvalue weighted by molar-refractivity contribution is -0.210. The van der Waals surface area contributed by atoms with E-state index in [2.05, 4.69) is 4.74 Å². The van der Waals surface area contributed by atoms with Crippen LogP contribution in [0.2, 0.25) is 0 Å². The molecular formula is C7H11F4NO. The van der Waals surface area contributed by atoms with Crippen LogP contribution >= 0.6 is 0 Å². The second-order valence-corrected chi connectivity index (χ2v) is 2.97. The van der Waals surface area contributed by atoms with E-state index in [4.69, 9.17) is 0 Å². The monoisotopic (exact) mass is 201 g/mol. The van der Waals surface area contributed by atoms with Crippen LogP contribution in [0.25, 0.3) is 0 Å². The molecule has 0 aromatic rings. The SMILES string of the molecule is CCN1CC(OC(F)F)C(F)(F)C1. The predicted molar refractivity (Wildman–Crippen MR) is 37.9 cm³/mol. The van der Waals surface area contributed by atoms with E-state index in [1.165, 1.54) is 4.90 Å². The van der Waals surface area contributed by atoms with Gasteiger partial charge in [-0.15, -0.1) is 0 Å². The van der Waals surface area contributed by atoms with E-state index < -0.39 is 25.2 Å². The molecule has 0 radical (unpaired) electrons. The summed E-state index contributed by atoms with van der Waals surface area (Å²) in [4.78, 5) is 1.38. The molecule has 0 aromatic carbocycles. The lowest BCUT2D eigenvalue weighted by atomic mass is 10.2. The third kappa shape index (κ3) is 2.54. The topological polar surface area (TPSA) is 12.5 Å². The summed E-state index contributed by atoms with van der Waals surface area (Å²) in [6, 6.07) is 0. The van der Waals surface area contributed by atoms with Crippen molar-refractivity contribution in [2.75, 3.05) is 19.6 Å². The molecule has 13 heavy (non-hydrogen) atoms. The van der Waals surface area contributed by atoms with Gasteiger partial charge in [-0.25, -0.2) is 8.78 Å². The van der Waals surface area contributed by atoms with E-state index in [9.17, 15) is 17.6 Å². The number of likely N-dealkylation sites (N-methyl/N-ethyl adjacent to an activating group) is 1. The highest BCUT2D eigenvalue weighted by Gasteiger charge is 2.49. The first-order valence-electron chi connectivity index (χ1n) is 3.99. The van der Waals surface area contributed by atoms with Crippen molar-refractivity contribution < 1.29 is 22.3 Å². The Hall–Kier alpha value is -0.360. The zero-order chi connectivity index (χ0) is 10.1. The Balaban J connectivity index is 2.54. The van der Waals surface area contributed by atoms with Gasteiger partial charge in [0.25, 0.3) is 5.92 Å². The van der Waals surface area contributed by atoms with Gasteiger partial charge < -0.3 is 4.74 Å².